The maximum atomic E-state index is 12.7. The first-order chi connectivity index (χ1) is 14.6. The molecule has 0 radical (unpaired) electrons. The van der Waals surface area contributed by atoms with Crippen LogP contribution in [-0.4, -0.2) is 42.9 Å². The van der Waals surface area contributed by atoms with Crippen molar-refractivity contribution in [3.63, 3.8) is 0 Å². The zero-order valence-corrected chi connectivity index (χ0v) is 17.0. The number of aliphatic hydroxyl groups excluding tert-OH is 1. The summed E-state index contributed by atoms with van der Waals surface area (Å²) in [5.74, 6) is 0.670. The predicted octanol–water partition coefficient (Wildman–Crippen LogP) is 2.57. The number of rotatable bonds is 7. The third-order valence-corrected chi connectivity index (χ3v) is 5.40. The zero-order chi connectivity index (χ0) is 20.9. The lowest BCUT2D eigenvalue weighted by Crippen LogP contribution is -2.18. The van der Waals surface area contributed by atoms with Gasteiger partial charge in [-0.2, -0.15) is 0 Å². The Hall–Kier alpha value is -3.26. The predicted molar refractivity (Wildman–Crippen MR) is 114 cm³/mol. The molecule has 2 atom stereocenters. The number of aromatic nitrogens is 4. The van der Waals surface area contributed by atoms with E-state index >= 15 is 0 Å². The molecule has 0 saturated heterocycles. The van der Waals surface area contributed by atoms with Crippen LogP contribution < -0.4 is 10.6 Å². The van der Waals surface area contributed by atoms with Gasteiger partial charge in [0.05, 0.1) is 6.10 Å². The molecule has 156 valence electrons. The SMILES string of the molecule is Cn1cnnc1CCc1cccc(NC(=O)c2cc(NC3CCC(O)C3)ccn2)c1. The van der Waals surface area contributed by atoms with E-state index in [4.69, 9.17) is 0 Å². The fourth-order valence-corrected chi connectivity index (χ4v) is 3.76. The van der Waals surface area contributed by atoms with Crippen molar-refractivity contribution in [3.8, 4) is 0 Å². The van der Waals surface area contributed by atoms with Crippen LogP contribution >= 0.6 is 0 Å². The summed E-state index contributed by atoms with van der Waals surface area (Å²) in [7, 11) is 1.93. The minimum Gasteiger partial charge on any atom is -0.393 e. The van der Waals surface area contributed by atoms with Gasteiger partial charge in [0.1, 0.15) is 17.8 Å². The Labute approximate surface area is 175 Å². The van der Waals surface area contributed by atoms with Gasteiger partial charge in [-0.25, -0.2) is 0 Å². The highest BCUT2D eigenvalue weighted by Crippen LogP contribution is 2.23. The van der Waals surface area contributed by atoms with Crippen LogP contribution in [-0.2, 0) is 19.9 Å². The van der Waals surface area contributed by atoms with Crippen molar-refractivity contribution < 1.29 is 9.90 Å². The molecule has 1 amide bonds. The molecule has 8 nitrogen and oxygen atoms in total. The highest BCUT2D eigenvalue weighted by Gasteiger charge is 2.22. The number of aryl methyl sites for hydroxylation is 3. The lowest BCUT2D eigenvalue weighted by Gasteiger charge is -2.14. The third kappa shape index (κ3) is 5.01. The molecule has 1 fully saturated rings. The van der Waals surface area contributed by atoms with Gasteiger partial charge in [-0.3, -0.25) is 9.78 Å². The molecule has 8 heteroatoms. The largest absolute Gasteiger partial charge is 0.393 e. The number of carbonyl (C=O) groups excluding carboxylic acids is 1. The first-order valence-electron chi connectivity index (χ1n) is 10.2. The fraction of sp³-hybridized carbons (Fsp3) is 0.364. The molecule has 0 aliphatic heterocycles. The Kier molecular flexibility index (Phi) is 6.04. The van der Waals surface area contributed by atoms with E-state index in [0.717, 1.165) is 54.9 Å². The third-order valence-electron chi connectivity index (χ3n) is 5.40. The highest BCUT2D eigenvalue weighted by molar-refractivity contribution is 6.03. The molecule has 2 heterocycles. The van der Waals surface area contributed by atoms with E-state index in [1.807, 2.05) is 41.9 Å². The van der Waals surface area contributed by atoms with Gasteiger partial charge in [0.25, 0.3) is 5.91 Å². The number of carbonyl (C=O) groups is 1. The molecule has 3 N–H and O–H groups in total. The summed E-state index contributed by atoms with van der Waals surface area (Å²) in [6.45, 7) is 0. The van der Waals surface area contributed by atoms with E-state index < -0.39 is 0 Å². The van der Waals surface area contributed by atoms with Gasteiger partial charge in [0.2, 0.25) is 0 Å². The molecule has 0 spiro atoms. The topological polar surface area (TPSA) is 105 Å². The molecule has 1 aliphatic rings. The Morgan fingerprint density at radius 1 is 1.20 bits per heavy atom. The van der Waals surface area contributed by atoms with Crippen molar-refractivity contribution in [3.05, 3.63) is 66.0 Å². The van der Waals surface area contributed by atoms with Gasteiger partial charge >= 0.3 is 0 Å². The second-order valence-electron chi connectivity index (χ2n) is 7.75. The molecule has 1 aliphatic carbocycles. The maximum absolute atomic E-state index is 12.7. The van der Waals surface area contributed by atoms with Crippen molar-refractivity contribution in [2.45, 2.75) is 44.2 Å². The van der Waals surface area contributed by atoms with E-state index in [2.05, 4.69) is 25.8 Å². The molecule has 0 bridgehead atoms. The summed E-state index contributed by atoms with van der Waals surface area (Å²) in [6, 6.07) is 11.6. The van der Waals surface area contributed by atoms with Gasteiger partial charge < -0.3 is 20.3 Å². The molecule has 2 unspecified atom stereocenters. The van der Waals surface area contributed by atoms with Gasteiger partial charge in [0, 0.05) is 37.1 Å². The van der Waals surface area contributed by atoms with Crippen LogP contribution in [0.5, 0.6) is 0 Å². The summed E-state index contributed by atoms with van der Waals surface area (Å²) in [6.07, 6.45) is 7.12. The Balaban J connectivity index is 1.37. The average Bonchev–Trinajstić information content (AvgIpc) is 3.34. The second-order valence-corrected chi connectivity index (χ2v) is 7.75. The van der Waals surface area contributed by atoms with Gasteiger partial charge in [0.15, 0.2) is 0 Å². The van der Waals surface area contributed by atoms with Gasteiger partial charge in [-0.05, 0) is 55.5 Å². The summed E-state index contributed by atoms with van der Waals surface area (Å²) >= 11 is 0. The first-order valence-corrected chi connectivity index (χ1v) is 10.2. The lowest BCUT2D eigenvalue weighted by molar-refractivity contribution is 0.102. The number of amides is 1. The van der Waals surface area contributed by atoms with Crippen molar-refractivity contribution in [1.29, 1.82) is 0 Å². The van der Waals surface area contributed by atoms with Crippen LogP contribution in [0.3, 0.4) is 0 Å². The van der Waals surface area contributed by atoms with Gasteiger partial charge in [-0.15, -0.1) is 10.2 Å². The molecule has 1 saturated carbocycles. The van der Waals surface area contributed by atoms with Crippen LogP contribution in [0, 0.1) is 0 Å². The zero-order valence-electron chi connectivity index (χ0n) is 17.0. The molecule has 3 aromatic rings. The molecule has 2 aromatic heterocycles. The number of nitrogens with zero attached hydrogens (tertiary/aromatic N) is 4. The second kappa shape index (κ2) is 9.04. The minimum absolute atomic E-state index is 0.226. The van der Waals surface area contributed by atoms with E-state index in [1.165, 1.54) is 0 Å². The summed E-state index contributed by atoms with van der Waals surface area (Å²) in [5.41, 5.74) is 3.03. The smallest absolute Gasteiger partial charge is 0.274 e. The molecular weight excluding hydrogens is 380 g/mol. The maximum Gasteiger partial charge on any atom is 0.274 e. The van der Waals surface area contributed by atoms with E-state index in [-0.39, 0.29) is 18.1 Å². The normalized spacial score (nSPS) is 18.3. The quantitative estimate of drug-likeness (QED) is 0.557. The monoisotopic (exact) mass is 406 g/mol. The van der Waals surface area contributed by atoms with Gasteiger partial charge in [-0.1, -0.05) is 12.1 Å². The first kappa shape index (κ1) is 20.0. The Morgan fingerprint density at radius 3 is 2.87 bits per heavy atom. The van der Waals surface area contributed by atoms with Crippen molar-refractivity contribution in [2.75, 3.05) is 10.6 Å². The number of anilines is 2. The Morgan fingerprint density at radius 2 is 2.10 bits per heavy atom. The van der Waals surface area contributed by atoms with E-state index in [1.54, 1.807) is 18.6 Å². The van der Waals surface area contributed by atoms with Crippen molar-refractivity contribution >= 4 is 17.3 Å². The fourth-order valence-electron chi connectivity index (χ4n) is 3.76. The number of hydrogen-bond acceptors (Lipinski definition) is 6. The van der Waals surface area contributed by atoms with Crippen LogP contribution in [0.25, 0.3) is 0 Å². The van der Waals surface area contributed by atoms with Crippen LogP contribution in [0.15, 0.2) is 48.9 Å². The average molecular weight is 406 g/mol. The molecular formula is C22H26N6O2. The van der Waals surface area contributed by atoms with E-state index in [0.29, 0.717) is 5.69 Å². The molecule has 1 aromatic carbocycles. The number of hydrogen-bond donors (Lipinski definition) is 3. The van der Waals surface area contributed by atoms with Crippen LogP contribution in [0.4, 0.5) is 11.4 Å². The standard InChI is InChI=1S/C22H26N6O2/c1-28-14-24-27-21(28)8-5-15-3-2-4-16(11-15)26-22(30)20-13-18(9-10-23-20)25-17-6-7-19(29)12-17/h2-4,9-11,13-14,17,19,29H,5-8,12H2,1H3,(H,23,25)(H,26,30). The highest BCUT2D eigenvalue weighted by atomic mass is 16.3. The summed E-state index contributed by atoms with van der Waals surface area (Å²) in [5, 5.41) is 24.0. The minimum atomic E-state index is -0.254. The van der Waals surface area contributed by atoms with E-state index in [9.17, 15) is 9.90 Å². The lowest BCUT2D eigenvalue weighted by atomic mass is 10.1. The molecule has 4 rings (SSSR count). The van der Waals surface area contributed by atoms with Crippen molar-refractivity contribution in [1.82, 2.24) is 19.7 Å². The summed E-state index contributed by atoms with van der Waals surface area (Å²) in [4.78, 5) is 16.9. The number of pyridine rings is 1. The molecule has 30 heavy (non-hydrogen) atoms. The number of aliphatic hydroxyl groups is 1. The number of nitrogens with one attached hydrogen (secondary N) is 2. The van der Waals surface area contributed by atoms with Crippen LogP contribution in [0.2, 0.25) is 0 Å². The Bertz CT molecular complexity index is 1020. The number of benzene rings is 1. The van der Waals surface area contributed by atoms with Crippen LogP contribution in [0.1, 0.15) is 41.1 Å². The van der Waals surface area contributed by atoms with Crippen molar-refractivity contribution in [2.24, 2.45) is 7.05 Å². The summed E-state index contributed by atoms with van der Waals surface area (Å²) < 4.78 is 1.91.